The van der Waals surface area contributed by atoms with Crippen molar-refractivity contribution >= 4 is 21.6 Å². The zero-order valence-corrected chi connectivity index (χ0v) is 12.5. The Morgan fingerprint density at radius 3 is 3.10 bits per heavy atom. The molecule has 0 aliphatic carbocycles. The number of rotatable bonds is 1. The molecule has 2 aliphatic heterocycles. The molecule has 1 N–H and O–H groups in total. The average molecular weight is 333 g/mol. The third kappa shape index (κ3) is 1.44. The number of fused-ring (bicyclic) bond motifs is 4. The van der Waals surface area contributed by atoms with Crippen molar-refractivity contribution in [3.63, 3.8) is 0 Å². The van der Waals surface area contributed by atoms with Gasteiger partial charge >= 0.3 is 0 Å². The highest BCUT2D eigenvalue weighted by Crippen LogP contribution is 2.51. The highest BCUT2D eigenvalue weighted by molar-refractivity contribution is 9.10. The van der Waals surface area contributed by atoms with Crippen LogP contribution in [-0.4, -0.2) is 25.2 Å². The summed E-state index contributed by atoms with van der Waals surface area (Å²) in [5.41, 5.74) is 3.08. The van der Waals surface area contributed by atoms with Crippen LogP contribution in [0.2, 0.25) is 0 Å². The van der Waals surface area contributed by atoms with Crippen LogP contribution < -0.4 is 14.8 Å². The highest BCUT2D eigenvalue weighted by atomic mass is 79.9. The van der Waals surface area contributed by atoms with E-state index < -0.39 is 0 Å². The molecular formula is C15H13BrN2O2. The maximum atomic E-state index is 5.87. The van der Waals surface area contributed by atoms with Crippen LogP contribution in [0, 0.1) is 0 Å². The maximum absolute atomic E-state index is 5.87. The van der Waals surface area contributed by atoms with E-state index in [4.69, 9.17) is 9.47 Å². The van der Waals surface area contributed by atoms with Crippen molar-refractivity contribution in [2.75, 3.05) is 25.6 Å². The number of pyridine rings is 1. The molecule has 0 radical (unpaired) electrons. The summed E-state index contributed by atoms with van der Waals surface area (Å²) >= 11 is 3.67. The second-order valence-electron chi connectivity index (χ2n) is 5.09. The summed E-state index contributed by atoms with van der Waals surface area (Å²) in [4.78, 5) is 4.64. The van der Waals surface area contributed by atoms with E-state index in [1.54, 1.807) is 7.11 Å². The molecule has 102 valence electrons. The largest absolute Gasteiger partial charge is 0.490 e. The summed E-state index contributed by atoms with van der Waals surface area (Å²) in [5.74, 6) is 1.46. The topological polar surface area (TPSA) is 43.4 Å². The van der Waals surface area contributed by atoms with Gasteiger partial charge in [0, 0.05) is 28.3 Å². The third-order valence-corrected chi connectivity index (χ3v) is 4.70. The lowest BCUT2D eigenvalue weighted by Crippen LogP contribution is -2.32. The Morgan fingerprint density at radius 2 is 2.25 bits per heavy atom. The Kier molecular flexibility index (Phi) is 2.48. The van der Waals surface area contributed by atoms with Crippen LogP contribution in [0.15, 0.2) is 34.8 Å². The minimum Gasteiger partial charge on any atom is -0.490 e. The van der Waals surface area contributed by atoms with Gasteiger partial charge in [-0.05, 0) is 18.2 Å². The van der Waals surface area contributed by atoms with E-state index in [0.29, 0.717) is 12.5 Å². The predicted molar refractivity (Wildman–Crippen MR) is 79.7 cm³/mol. The second kappa shape index (κ2) is 4.12. The standard InChI is InChI=1S/C15H13BrN2O2/c1-19-12-6-5-11-14(18-12)15(8-20-11)7-17-10-4-2-3-9(16)13(10)15/h2-6,17H,7-8H2,1H3. The lowest BCUT2D eigenvalue weighted by molar-refractivity contribution is 0.302. The van der Waals surface area contributed by atoms with E-state index in [-0.39, 0.29) is 5.41 Å². The smallest absolute Gasteiger partial charge is 0.213 e. The summed E-state index contributed by atoms with van der Waals surface area (Å²) in [6, 6.07) is 9.95. The quantitative estimate of drug-likeness (QED) is 0.871. The summed E-state index contributed by atoms with van der Waals surface area (Å²) in [7, 11) is 1.63. The first-order valence-corrected chi connectivity index (χ1v) is 7.25. The second-order valence-corrected chi connectivity index (χ2v) is 5.94. The Labute approximate surface area is 125 Å². The molecule has 1 atom stereocenters. The van der Waals surface area contributed by atoms with Gasteiger partial charge in [0.2, 0.25) is 5.88 Å². The summed E-state index contributed by atoms with van der Waals surface area (Å²) in [6.45, 7) is 1.39. The van der Waals surface area contributed by atoms with E-state index in [1.807, 2.05) is 18.2 Å². The minimum absolute atomic E-state index is 0.237. The van der Waals surface area contributed by atoms with Crippen molar-refractivity contribution in [2.45, 2.75) is 5.41 Å². The van der Waals surface area contributed by atoms with Gasteiger partial charge in [0.25, 0.3) is 0 Å². The normalized spacial score (nSPS) is 22.1. The summed E-state index contributed by atoms with van der Waals surface area (Å²) in [5, 5.41) is 3.46. The van der Waals surface area contributed by atoms with Crippen LogP contribution in [0.3, 0.4) is 0 Å². The van der Waals surface area contributed by atoms with Gasteiger partial charge in [-0.3, -0.25) is 0 Å². The number of methoxy groups -OCH3 is 1. The van der Waals surface area contributed by atoms with Crippen LogP contribution in [0.5, 0.6) is 11.6 Å². The van der Waals surface area contributed by atoms with Crippen molar-refractivity contribution in [1.82, 2.24) is 4.98 Å². The van der Waals surface area contributed by atoms with Crippen molar-refractivity contribution in [2.24, 2.45) is 0 Å². The first kappa shape index (κ1) is 12.0. The number of nitrogens with one attached hydrogen (secondary N) is 1. The zero-order valence-electron chi connectivity index (χ0n) is 10.9. The highest BCUT2D eigenvalue weighted by Gasteiger charge is 2.49. The van der Waals surface area contributed by atoms with E-state index >= 15 is 0 Å². The SMILES string of the molecule is COc1ccc2c(n1)C1(CNc3cccc(Br)c31)CO2. The molecule has 1 aromatic carbocycles. The number of hydrogen-bond donors (Lipinski definition) is 1. The van der Waals surface area contributed by atoms with E-state index in [2.05, 4.69) is 38.4 Å². The van der Waals surface area contributed by atoms with Crippen LogP contribution >= 0.6 is 15.9 Å². The van der Waals surface area contributed by atoms with Crippen molar-refractivity contribution < 1.29 is 9.47 Å². The number of nitrogens with zero attached hydrogens (tertiary/aromatic N) is 1. The molecule has 1 unspecified atom stereocenters. The minimum atomic E-state index is -0.237. The Hall–Kier alpha value is -1.75. The molecule has 1 spiro atoms. The molecule has 0 bridgehead atoms. The molecule has 0 amide bonds. The number of aromatic nitrogens is 1. The third-order valence-electron chi connectivity index (χ3n) is 4.04. The molecule has 2 aliphatic rings. The van der Waals surface area contributed by atoms with Crippen molar-refractivity contribution in [3.05, 3.63) is 46.1 Å². The predicted octanol–water partition coefficient (Wildman–Crippen LogP) is 2.96. The lowest BCUT2D eigenvalue weighted by Gasteiger charge is -2.22. The number of hydrogen-bond acceptors (Lipinski definition) is 4. The van der Waals surface area contributed by atoms with Crippen LogP contribution in [0.1, 0.15) is 11.3 Å². The van der Waals surface area contributed by atoms with Crippen molar-refractivity contribution in [3.8, 4) is 11.6 Å². The van der Waals surface area contributed by atoms with Gasteiger partial charge in [0.05, 0.1) is 12.5 Å². The fourth-order valence-electron chi connectivity index (χ4n) is 3.09. The molecule has 20 heavy (non-hydrogen) atoms. The van der Waals surface area contributed by atoms with Gasteiger partial charge in [-0.25, -0.2) is 4.98 Å². The first-order valence-electron chi connectivity index (χ1n) is 6.46. The number of ether oxygens (including phenoxy) is 2. The molecule has 2 aromatic rings. The molecule has 0 fully saturated rings. The van der Waals surface area contributed by atoms with Gasteiger partial charge in [0.15, 0.2) is 0 Å². The molecule has 0 saturated carbocycles. The average Bonchev–Trinajstić information content (AvgIpc) is 3.03. The van der Waals surface area contributed by atoms with Crippen LogP contribution in [-0.2, 0) is 5.41 Å². The Bertz CT molecular complexity index is 700. The first-order chi connectivity index (χ1) is 9.74. The maximum Gasteiger partial charge on any atom is 0.213 e. The number of anilines is 1. The van der Waals surface area contributed by atoms with E-state index in [1.165, 1.54) is 5.56 Å². The van der Waals surface area contributed by atoms with Gasteiger partial charge < -0.3 is 14.8 Å². The van der Waals surface area contributed by atoms with Gasteiger partial charge in [0.1, 0.15) is 18.1 Å². The van der Waals surface area contributed by atoms with E-state index in [9.17, 15) is 0 Å². The van der Waals surface area contributed by atoms with E-state index in [0.717, 1.165) is 28.1 Å². The van der Waals surface area contributed by atoms with Gasteiger partial charge in [-0.1, -0.05) is 22.0 Å². The van der Waals surface area contributed by atoms with Gasteiger partial charge in [-0.15, -0.1) is 0 Å². The van der Waals surface area contributed by atoms with Crippen LogP contribution in [0.25, 0.3) is 0 Å². The molecule has 1 aromatic heterocycles. The van der Waals surface area contributed by atoms with Crippen LogP contribution in [0.4, 0.5) is 5.69 Å². The molecular weight excluding hydrogens is 320 g/mol. The monoisotopic (exact) mass is 332 g/mol. The van der Waals surface area contributed by atoms with Crippen molar-refractivity contribution in [1.29, 1.82) is 0 Å². The molecule has 4 nitrogen and oxygen atoms in total. The lowest BCUT2D eigenvalue weighted by atomic mass is 9.81. The molecule has 5 heteroatoms. The number of benzene rings is 1. The molecule has 3 heterocycles. The fourth-order valence-corrected chi connectivity index (χ4v) is 3.83. The number of halogens is 1. The Morgan fingerprint density at radius 1 is 1.35 bits per heavy atom. The summed E-state index contributed by atoms with van der Waals surface area (Å²) in [6.07, 6.45) is 0. The molecule has 0 saturated heterocycles. The van der Waals surface area contributed by atoms with Gasteiger partial charge in [-0.2, -0.15) is 0 Å². The zero-order chi connectivity index (χ0) is 13.7. The summed E-state index contributed by atoms with van der Waals surface area (Å²) < 4.78 is 12.2. The molecule has 4 rings (SSSR count). The fraction of sp³-hybridized carbons (Fsp3) is 0.267. The Balaban J connectivity index is 1.96.